The van der Waals surface area contributed by atoms with E-state index in [0.29, 0.717) is 22.5 Å². The van der Waals surface area contributed by atoms with Crippen LogP contribution < -0.4 is 16.0 Å². The number of piperidine rings is 1. The van der Waals surface area contributed by atoms with E-state index in [1.54, 1.807) is 24.3 Å². The molecule has 156 valence electrons. The number of amides is 2. The number of nitrogens with one attached hydrogen (secondary N) is 1. The molecule has 0 aromatic heterocycles. The maximum atomic E-state index is 13.5. The third kappa shape index (κ3) is 4.27. The monoisotopic (exact) mass is 410 g/mol. The standard InChI is InChI=1S/C22H23FN4O3/c23-16-6-4-5-14(11-16)17-13-20(30-26-17)22(29)25-18-12-15(21(24)28)7-8-19(18)27-9-2-1-3-10-27/h4-8,11-12,20H,1-3,9-10,13H2,(H2,24,28)(H,25,29). The van der Waals surface area contributed by atoms with Crippen molar-refractivity contribution in [3.05, 3.63) is 59.4 Å². The molecule has 0 radical (unpaired) electrons. The van der Waals surface area contributed by atoms with Crippen LogP contribution in [-0.4, -0.2) is 36.7 Å². The van der Waals surface area contributed by atoms with E-state index >= 15 is 0 Å². The van der Waals surface area contributed by atoms with Crippen LogP contribution in [0.3, 0.4) is 0 Å². The van der Waals surface area contributed by atoms with Gasteiger partial charge in [-0.2, -0.15) is 0 Å². The topological polar surface area (TPSA) is 97.0 Å². The van der Waals surface area contributed by atoms with E-state index in [9.17, 15) is 14.0 Å². The van der Waals surface area contributed by atoms with Crippen molar-refractivity contribution in [2.45, 2.75) is 31.8 Å². The van der Waals surface area contributed by atoms with Crippen LogP contribution >= 0.6 is 0 Å². The highest BCUT2D eigenvalue weighted by molar-refractivity contribution is 6.07. The van der Waals surface area contributed by atoms with Gasteiger partial charge in [-0.05, 0) is 49.6 Å². The summed E-state index contributed by atoms with van der Waals surface area (Å²) < 4.78 is 13.5. The molecule has 3 N–H and O–H groups in total. The first-order chi connectivity index (χ1) is 14.5. The van der Waals surface area contributed by atoms with Crippen LogP contribution in [0, 0.1) is 5.82 Å². The van der Waals surface area contributed by atoms with Gasteiger partial charge in [0.15, 0.2) is 0 Å². The van der Waals surface area contributed by atoms with Crippen LogP contribution in [0.15, 0.2) is 47.6 Å². The molecule has 1 fully saturated rings. The van der Waals surface area contributed by atoms with E-state index < -0.39 is 12.0 Å². The number of hydrogen-bond donors (Lipinski definition) is 2. The fourth-order valence-electron chi connectivity index (χ4n) is 3.77. The average Bonchev–Trinajstić information content (AvgIpc) is 3.25. The number of benzene rings is 2. The number of carbonyl (C=O) groups is 2. The molecule has 2 aromatic carbocycles. The number of hydrogen-bond acceptors (Lipinski definition) is 5. The minimum absolute atomic E-state index is 0.226. The van der Waals surface area contributed by atoms with Gasteiger partial charge in [-0.3, -0.25) is 9.59 Å². The molecule has 30 heavy (non-hydrogen) atoms. The molecule has 0 aliphatic carbocycles. The van der Waals surface area contributed by atoms with Crippen molar-refractivity contribution in [1.82, 2.24) is 0 Å². The lowest BCUT2D eigenvalue weighted by molar-refractivity contribution is -0.125. The molecule has 2 aliphatic heterocycles. The van der Waals surface area contributed by atoms with Gasteiger partial charge in [0.25, 0.3) is 5.91 Å². The summed E-state index contributed by atoms with van der Waals surface area (Å²) in [5.41, 5.74) is 8.18. The van der Waals surface area contributed by atoms with Crippen molar-refractivity contribution < 1.29 is 18.8 Å². The summed E-state index contributed by atoms with van der Waals surface area (Å²) in [6, 6.07) is 11.1. The second kappa shape index (κ2) is 8.52. The number of anilines is 2. The Kier molecular flexibility index (Phi) is 5.65. The number of halogens is 1. The van der Waals surface area contributed by atoms with Crippen molar-refractivity contribution in [2.24, 2.45) is 10.9 Å². The van der Waals surface area contributed by atoms with Gasteiger partial charge in [-0.15, -0.1) is 0 Å². The number of carbonyl (C=O) groups excluding carboxylic acids is 2. The molecule has 2 aliphatic rings. The first-order valence-corrected chi connectivity index (χ1v) is 9.99. The highest BCUT2D eigenvalue weighted by Gasteiger charge is 2.30. The van der Waals surface area contributed by atoms with Crippen LogP contribution in [0.1, 0.15) is 41.6 Å². The van der Waals surface area contributed by atoms with E-state index in [1.807, 2.05) is 6.07 Å². The van der Waals surface area contributed by atoms with Crippen molar-refractivity contribution in [2.75, 3.05) is 23.3 Å². The first-order valence-electron chi connectivity index (χ1n) is 9.99. The van der Waals surface area contributed by atoms with Crippen LogP contribution in [-0.2, 0) is 9.63 Å². The van der Waals surface area contributed by atoms with Crippen LogP contribution in [0.25, 0.3) is 0 Å². The fraction of sp³-hybridized carbons (Fsp3) is 0.318. The molecule has 1 unspecified atom stereocenters. The summed E-state index contributed by atoms with van der Waals surface area (Å²) in [6.45, 7) is 1.76. The third-order valence-electron chi connectivity index (χ3n) is 5.35. The Hall–Kier alpha value is -3.42. The Bertz CT molecular complexity index is 1000. The summed E-state index contributed by atoms with van der Waals surface area (Å²) in [4.78, 5) is 32.0. The van der Waals surface area contributed by atoms with Gasteiger partial charge in [0.1, 0.15) is 5.82 Å². The zero-order valence-electron chi connectivity index (χ0n) is 16.4. The Balaban J connectivity index is 1.51. The summed E-state index contributed by atoms with van der Waals surface area (Å²) in [5.74, 6) is -1.33. The largest absolute Gasteiger partial charge is 0.382 e. The molecular formula is C22H23FN4O3. The lowest BCUT2D eigenvalue weighted by Crippen LogP contribution is -2.32. The quantitative estimate of drug-likeness (QED) is 0.792. The van der Waals surface area contributed by atoms with Crippen LogP contribution in [0.4, 0.5) is 15.8 Å². The third-order valence-corrected chi connectivity index (χ3v) is 5.35. The molecule has 0 bridgehead atoms. The van der Waals surface area contributed by atoms with Crippen molar-refractivity contribution in [3.63, 3.8) is 0 Å². The normalized spacial score (nSPS) is 18.5. The van der Waals surface area contributed by atoms with Crippen molar-refractivity contribution in [1.29, 1.82) is 0 Å². The van der Waals surface area contributed by atoms with Crippen molar-refractivity contribution >= 4 is 28.9 Å². The Morgan fingerprint density at radius 1 is 1.13 bits per heavy atom. The summed E-state index contributed by atoms with van der Waals surface area (Å²) in [7, 11) is 0. The Morgan fingerprint density at radius 2 is 1.93 bits per heavy atom. The second-order valence-electron chi connectivity index (χ2n) is 7.48. The highest BCUT2D eigenvalue weighted by Crippen LogP contribution is 2.30. The molecule has 4 rings (SSSR count). The zero-order valence-corrected chi connectivity index (χ0v) is 16.4. The van der Waals surface area contributed by atoms with Gasteiger partial charge >= 0.3 is 0 Å². The van der Waals surface area contributed by atoms with Crippen LogP contribution in [0.5, 0.6) is 0 Å². The molecular weight excluding hydrogens is 387 g/mol. The van der Waals surface area contributed by atoms with Gasteiger partial charge in [0.2, 0.25) is 12.0 Å². The Labute approximate surface area is 173 Å². The first kappa shape index (κ1) is 19.9. The van der Waals surface area contributed by atoms with Gasteiger partial charge < -0.3 is 20.8 Å². The number of primary amides is 1. The van der Waals surface area contributed by atoms with Gasteiger partial charge in [0, 0.05) is 30.6 Å². The second-order valence-corrected chi connectivity index (χ2v) is 7.48. The molecule has 2 heterocycles. The van der Waals surface area contributed by atoms with E-state index in [1.165, 1.54) is 18.6 Å². The van der Waals surface area contributed by atoms with Gasteiger partial charge in [-0.25, -0.2) is 4.39 Å². The molecule has 2 aromatic rings. The number of rotatable bonds is 5. The van der Waals surface area contributed by atoms with Gasteiger partial charge in [-0.1, -0.05) is 17.3 Å². The molecule has 1 atom stereocenters. The maximum absolute atomic E-state index is 13.5. The number of nitrogens with zero attached hydrogens (tertiary/aromatic N) is 2. The SMILES string of the molecule is NC(=O)c1ccc(N2CCCCC2)c(NC(=O)C2CC(c3cccc(F)c3)=NO2)c1. The number of oxime groups is 1. The molecule has 8 heteroatoms. The zero-order chi connectivity index (χ0) is 21.1. The fourth-order valence-corrected chi connectivity index (χ4v) is 3.77. The Morgan fingerprint density at radius 3 is 2.67 bits per heavy atom. The van der Waals surface area contributed by atoms with Crippen molar-refractivity contribution in [3.8, 4) is 0 Å². The molecule has 0 saturated carbocycles. The molecule has 1 saturated heterocycles. The summed E-state index contributed by atoms with van der Waals surface area (Å²) in [6.07, 6.45) is 2.70. The average molecular weight is 410 g/mol. The predicted octanol–water partition coefficient (Wildman–Crippen LogP) is 3.05. The predicted molar refractivity (Wildman–Crippen MR) is 112 cm³/mol. The van der Waals surface area contributed by atoms with E-state index in [2.05, 4.69) is 15.4 Å². The molecule has 7 nitrogen and oxygen atoms in total. The highest BCUT2D eigenvalue weighted by atomic mass is 19.1. The molecule has 2 amide bonds. The molecule has 0 spiro atoms. The lowest BCUT2D eigenvalue weighted by Gasteiger charge is -2.31. The van der Waals surface area contributed by atoms with Crippen LogP contribution in [0.2, 0.25) is 0 Å². The minimum Gasteiger partial charge on any atom is -0.382 e. The maximum Gasteiger partial charge on any atom is 0.268 e. The smallest absolute Gasteiger partial charge is 0.268 e. The minimum atomic E-state index is -0.838. The lowest BCUT2D eigenvalue weighted by atomic mass is 10.0. The van der Waals surface area contributed by atoms with E-state index in [-0.39, 0.29) is 18.1 Å². The van der Waals surface area contributed by atoms with E-state index in [4.69, 9.17) is 10.6 Å². The number of nitrogens with two attached hydrogens (primary N) is 1. The van der Waals surface area contributed by atoms with E-state index in [0.717, 1.165) is 31.6 Å². The summed E-state index contributed by atoms with van der Waals surface area (Å²) >= 11 is 0. The summed E-state index contributed by atoms with van der Waals surface area (Å²) in [5, 5.41) is 6.82. The van der Waals surface area contributed by atoms with Gasteiger partial charge in [0.05, 0.1) is 17.1 Å².